The SMILES string of the molecule is O=C(C[C@@H](c1ccccc1F)c1c[nH]c2ccc(Cl)cc12)NCc1ccccc1. The Labute approximate surface area is 173 Å². The molecule has 0 bridgehead atoms. The van der Waals surface area contributed by atoms with E-state index in [4.69, 9.17) is 11.6 Å². The van der Waals surface area contributed by atoms with Gasteiger partial charge in [-0.1, -0.05) is 60.1 Å². The van der Waals surface area contributed by atoms with Gasteiger partial charge in [0.15, 0.2) is 0 Å². The number of hydrogen-bond donors (Lipinski definition) is 2. The highest BCUT2D eigenvalue weighted by molar-refractivity contribution is 6.31. The first-order chi connectivity index (χ1) is 14.1. The summed E-state index contributed by atoms with van der Waals surface area (Å²) in [5.74, 6) is -0.901. The molecule has 1 aromatic heterocycles. The maximum absolute atomic E-state index is 14.6. The van der Waals surface area contributed by atoms with Crippen LogP contribution in [0.5, 0.6) is 0 Å². The van der Waals surface area contributed by atoms with E-state index in [0.717, 1.165) is 22.0 Å². The molecule has 3 nitrogen and oxygen atoms in total. The molecule has 1 heterocycles. The Bertz CT molecular complexity index is 1140. The average molecular weight is 407 g/mol. The first-order valence-corrected chi connectivity index (χ1v) is 9.81. The lowest BCUT2D eigenvalue weighted by Gasteiger charge is -2.18. The number of nitrogens with one attached hydrogen (secondary N) is 2. The lowest BCUT2D eigenvalue weighted by molar-refractivity contribution is -0.121. The van der Waals surface area contributed by atoms with E-state index < -0.39 is 5.92 Å². The first kappa shape index (κ1) is 19.2. The molecular weight excluding hydrogens is 387 g/mol. The molecule has 0 unspecified atom stereocenters. The second-order valence-electron chi connectivity index (χ2n) is 6.97. The smallest absolute Gasteiger partial charge is 0.221 e. The van der Waals surface area contributed by atoms with Crippen molar-refractivity contribution < 1.29 is 9.18 Å². The number of hydrogen-bond acceptors (Lipinski definition) is 1. The van der Waals surface area contributed by atoms with Gasteiger partial charge in [-0.2, -0.15) is 0 Å². The third kappa shape index (κ3) is 4.33. The summed E-state index contributed by atoms with van der Waals surface area (Å²) in [5, 5.41) is 4.43. The molecule has 146 valence electrons. The van der Waals surface area contributed by atoms with Gasteiger partial charge in [0.25, 0.3) is 0 Å². The predicted octanol–water partition coefficient (Wildman–Crippen LogP) is 5.80. The van der Waals surface area contributed by atoms with Gasteiger partial charge in [-0.05, 0) is 41.0 Å². The van der Waals surface area contributed by atoms with Gasteiger partial charge in [0.2, 0.25) is 5.91 Å². The minimum absolute atomic E-state index is 0.132. The van der Waals surface area contributed by atoms with Crippen molar-refractivity contribution in [3.05, 3.63) is 107 Å². The summed E-state index contributed by atoms with van der Waals surface area (Å²) in [6, 6.07) is 21.8. The number of benzene rings is 3. The predicted molar refractivity (Wildman–Crippen MR) is 114 cm³/mol. The minimum Gasteiger partial charge on any atom is -0.361 e. The quantitative estimate of drug-likeness (QED) is 0.417. The van der Waals surface area contributed by atoms with Gasteiger partial charge in [-0.25, -0.2) is 4.39 Å². The number of halogens is 2. The summed E-state index contributed by atoms with van der Waals surface area (Å²) in [6.45, 7) is 0.434. The molecule has 0 aliphatic heterocycles. The highest BCUT2D eigenvalue weighted by atomic mass is 35.5. The molecule has 4 rings (SSSR count). The van der Waals surface area contributed by atoms with Gasteiger partial charge in [0.1, 0.15) is 5.82 Å². The van der Waals surface area contributed by atoms with Crippen LogP contribution in [0, 0.1) is 5.82 Å². The van der Waals surface area contributed by atoms with E-state index >= 15 is 0 Å². The number of carbonyl (C=O) groups is 1. The van der Waals surface area contributed by atoms with Gasteiger partial charge in [-0.15, -0.1) is 0 Å². The number of aromatic nitrogens is 1. The number of amides is 1. The van der Waals surface area contributed by atoms with Crippen molar-refractivity contribution in [3.63, 3.8) is 0 Å². The molecule has 0 radical (unpaired) electrons. The number of H-pyrrole nitrogens is 1. The van der Waals surface area contributed by atoms with Gasteiger partial charge in [-0.3, -0.25) is 4.79 Å². The minimum atomic E-state index is -0.431. The monoisotopic (exact) mass is 406 g/mol. The summed E-state index contributed by atoms with van der Waals surface area (Å²) in [7, 11) is 0. The summed E-state index contributed by atoms with van der Waals surface area (Å²) >= 11 is 6.19. The Morgan fingerprint density at radius 3 is 2.55 bits per heavy atom. The fraction of sp³-hybridized carbons (Fsp3) is 0.125. The van der Waals surface area contributed by atoms with Crippen molar-refractivity contribution in [3.8, 4) is 0 Å². The fourth-order valence-corrected chi connectivity index (χ4v) is 3.77. The summed E-state index contributed by atoms with van der Waals surface area (Å²) in [5.41, 5.74) is 3.25. The topological polar surface area (TPSA) is 44.9 Å². The van der Waals surface area contributed by atoms with E-state index in [0.29, 0.717) is 17.1 Å². The molecule has 5 heteroatoms. The molecule has 1 amide bonds. The maximum atomic E-state index is 14.6. The van der Waals surface area contributed by atoms with Crippen LogP contribution in [0.2, 0.25) is 5.02 Å². The van der Waals surface area contributed by atoms with Crippen LogP contribution in [0.15, 0.2) is 79.0 Å². The van der Waals surface area contributed by atoms with Crippen molar-refractivity contribution in [2.45, 2.75) is 18.9 Å². The molecule has 4 aromatic rings. The molecule has 0 fully saturated rings. The van der Waals surface area contributed by atoms with E-state index in [2.05, 4.69) is 10.3 Å². The second-order valence-corrected chi connectivity index (χ2v) is 7.41. The van der Waals surface area contributed by atoms with Gasteiger partial charge >= 0.3 is 0 Å². The highest BCUT2D eigenvalue weighted by Gasteiger charge is 2.24. The molecule has 0 spiro atoms. The normalized spacial score (nSPS) is 12.1. The average Bonchev–Trinajstić information content (AvgIpc) is 3.15. The van der Waals surface area contributed by atoms with E-state index in [1.807, 2.05) is 48.7 Å². The molecule has 0 saturated carbocycles. The largest absolute Gasteiger partial charge is 0.361 e. The second kappa shape index (κ2) is 8.50. The highest BCUT2D eigenvalue weighted by Crippen LogP contribution is 2.35. The van der Waals surface area contributed by atoms with Crippen LogP contribution in [0.4, 0.5) is 4.39 Å². The number of rotatable bonds is 6. The van der Waals surface area contributed by atoms with Gasteiger partial charge < -0.3 is 10.3 Å². The zero-order valence-electron chi connectivity index (χ0n) is 15.7. The summed E-state index contributed by atoms with van der Waals surface area (Å²) in [6.07, 6.45) is 1.97. The fourth-order valence-electron chi connectivity index (χ4n) is 3.60. The van der Waals surface area contributed by atoms with Crippen LogP contribution in [0.1, 0.15) is 29.0 Å². The van der Waals surface area contributed by atoms with E-state index in [1.165, 1.54) is 6.07 Å². The Morgan fingerprint density at radius 1 is 1.00 bits per heavy atom. The van der Waals surface area contributed by atoms with E-state index in [-0.39, 0.29) is 18.1 Å². The van der Waals surface area contributed by atoms with Crippen LogP contribution >= 0.6 is 11.6 Å². The zero-order valence-corrected chi connectivity index (χ0v) is 16.4. The van der Waals surface area contributed by atoms with Crippen molar-refractivity contribution in [2.75, 3.05) is 0 Å². The molecule has 0 aliphatic carbocycles. The van der Waals surface area contributed by atoms with Gasteiger partial charge in [0, 0.05) is 41.0 Å². The molecule has 1 atom stereocenters. The van der Waals surface area contributed by atoms with Crippen molar-refractivity contribution in [1.82, 2.24) is 10.3 Å². The van der Waals surface area contributed by atoms with Crippen LogP contribution < -0.4 is 5.32 Å². The van der Waals surface area contributed by atoms with E-state index in [9.17, 15) is 9.18 Å². The van der Waals surface area contributed by atoms with Crippen LogP contribution in [-0.4, -0.2) is 10.9 Å². The zero-order chi connectivity index (χ0) is 20.2. The van der Waals surface area contributed by atoms with Crippen molar-refractivity contribution in [2.24, 2.45) is 0 Å². The Balaban J connectivity index is 1.65. The van der Waals surface area contributed by atoms with Crippen molar-refractivity contribution >= 4 is 28.4 Å². The lowest BCUT2D eigenvalue weighted by atomic mass is 9.87. The van der Waals surface area contributed by atoms with E-state index in [1.54, 1.807) is 24.3 Å². The Morgan fingerprint density at radius 2 is 1.76 bits per heavy atom. The maximum Gasteiger partial charge on any atom is 0.221 e. The molecular formula is C24H20ClFN2O. The van der Waals surface area contributed by atoms with Crippen LogP contribution in [0.3, 0.4) is 0 Å². The molecule has 0 saturated heterocycles. The Hall–Kier alpha value is -3.11. The number of carbonyl (C=O) groups excluding carboxylic acids is 1. The third-order valence-electron chi connectivity index (χ3n) is 5.05. The molecule has 0 aliphatic rings. The summed E-state index contributed by atoms with van der Waals surface area (Å²) in [4.78, 5) is 15.9. The third-order valence-corrected chi connectivity index (χ3v) is 5.29. The number of fused-ring (bicyclic) bond motifs is 1. The lowest BCUT2D eigenvalue weighted by Crippen LogP contribution is -2.25. The van der Waals surface area contributed by atoms with Crippen LogP contribution in [0.25, 0.3) is 10.9 Å². The summed E-state index contributed by atoms with van der Waals surface area (Å²) < 4.78 is 14.6. The first-order valence-electron chi connectivity index (χ1n) is 9.43. The van der Waals surface area contributed by atoms with Crippen molar-refractivity contribution in [1.29, 1.82) is 0 Å². The standard InChI is InChI=1S/C24H20ClFN2O/c25-17-10-11-23-20(12-17)21(15-27-23)19(18-8-4-5-9-22(18)26)13-24(29)28-14-16-6-2-1-3-7-16/h1-12,15,19,27H,13-14H2,(H,28,29)/t19-/m0/s1. The number of aromatic amines is 1. The molecule has 3 aromatic carbocycles. The molecule has 2 N–H and O–H groups in total. The van der Waals surface area contributed by atoms with Gasteiger partial charge in [0.05, 0.1) is 0 Å². The van der Waals surface area contributed by atoms with Crippen LogP contribution in [-0.2, 0) is 11.3 Å². The Kier molecular flexibility index (Phi) is 5.63. The molecule has 29 heavy (non-hydrogen) atoms.